The average Bonchev–Trinajstić information content (AvgIpc) is 2.26. The standard InChI is InChI=1S/C76H148O17P2/c1-5-9-13-17-20-23-26-28-30-32-34-35-36-37-39-41-43-45-48-51-55-59-63-76(81)93-72(67-87-74(79)61-57-53-49-47-44-42-40-38-33-31-29-27-24-21-18-14-10-6-2)69-91-95(84,85)89-65-70(77)64-88-94(82,83)90-68-71(66-86-73(78)60-56-52-16-12-8-4)92-75(80)62-58-54-50-46-25-22-19-15-11-7-3/h70-72,77H,5-69H2,1-4H3,(H,82,83)(H,84,85)/t70-,71+,72+/m0/s1. The number of phosphoric ester groups is 2. The lowest BCUT2D eigenvalue weighted by atomic mass is 10.0. The number of esters is 4. The summed E-state index contributed by atoms with van der Waals surface area (Å²) >= 11 is 0. The molecule has 564 valence electrons. The van der Waals surface area contributed by atoms with Gasteiger partial charge in [-0.2, -0.15) is 0 Å². The first-order valence-electron chi connectivity index (χ1n) is 39.8. The van der Waals surface area contributed by atoms with E-state index in [1.165, 1.54) is 231 Å². The molecule has 0 saturated heterocycles. The zero-order valence-corrected chi connectivity index (χ0v) is 63.4. The molecule has 2 unspecified atom stereocenters. The normalized spacial score (nSPS) is 13.9. The fourth-order valence-electron chi connectivity index (χ4n) is 11.8. The lowest BCUT2D eigenvalue weighted by Gasteiger charge is -2.21. The van der Waals surface area contributed by atoms with E-state index in [4.69, 9.17) is 37.0 Å². The van der Waals surface area contributed by atoms with Crippen LogP contribution in [0, 0.1) is 0 Å². The van der Waals surface area contributed by atoms with Crippen molar-refractivity contribution < 1.29 is 80.2 Å². The minimum Gasteiger partial charge on any atom is -0.462 e. The van der Waals surface area contributed by atoms with E-state index in [-0.39, 0.29) is 25.7 Å². The molecule has 0 spiro atoms. The van der Waals surface area contributed by atoms with Gasteiger partial charge in [0.05, 0.1) is 26.4 Å². The Hall–Kier alpha value is -1.94. The molecule has 0 aromatic rings. The third-order valence-electron chi connectivity index (χ3n) is 17.9. The van der Waals surface area contributed by atoms with Crippen LogP contribution in [0.25, 0.3) is 0 Å². The molecule has 95 heavy (non-hydrogen) atoms. The molecule has 17 nitrogen and oxygen atoms in total. The van der Waals surface area contributed by atoms with Crippen LogP contribution in [-0.4, -0.2) is 96.7 Å². The highest BCUT2D eigenvalue weighted by molar-refractivity contribution is 7.47. The first-order valence-corrected chi connectivity index (χ1v) is 42.8. The van der Waals surface area contributed by atoms with Crippen molar-refractivity contribution in [3.63, 3.8) is 0 Å². The number of aliphatic hydroxyl groups excluding tert-OH is 1. The summed E-state index contributed by atoms with van der Waals surface area (Å²) < 4.78 is 68.2. The molecule has 5 atom stereocenters. The van der Waals surface area contributed by atoms with Gasteiger partial charge in [0.15, 0.2) is 12.2 Å². The highest BCUT2D eigenvalue weighted by Crippen LogP contribution is 2.45. The van der Waals surface area contributed by atoms with Gasteiger partial charge in [0.1, 0.15) is 19.3 Å². The molecule has 0 aromatic heterocycles. The Morgan fingerprint density at radius 3 is 0.621 bits per heavy atom. The van der Waals surface area contributed by atoms with E-state index in [1.807, 2.05) is 0 Å². The van der Waals surface area contributed by atoms with E-state index in [0.29, 0.717) is 25.7 Å². The topological polar surface area (TPSA) is 237 Å². The van der Waals surface area contributed by atoms with Crippen molar-refractivity contribution in [1.29, 1.82) is 0 Å². The molecule has 0 radical (unpaired) electrons. The van der Waals surface area contributed by atoms with Crippen molar-refractivity contribution in [3.05, 3.63) is 0 Å². The van der Waals surface area contributed by atoms with E-state index in [2.05, 4.69) is 27.7 Å². The Labute approximate surface area is 581 Å². The summed E-state index contributed by atoms with van der Waals surface area (Å²) in [6.45, 7) is 4.88. The van der Waals surface area contributed by atoms with Crippen molar-refractivity contribution in [3.8, 4) is 0 Å². The zero-order valence-electron chi connectivity index (χ0n) is 61.6. The van der Waals surface area contributed by atoms with Gasteiger partial charge in [-0.3, -0.25) is 37.3 Å². The van der Waals surface area contributed by atoms with Gasteiger partial charge in [0, 0.05) is 25.7 Å². The lowest BCUT2D eigenvalue weighted by molar-refractivity contribution is -0.161. The van der Waals surface area contributed by atoms with Gasteiger partial charge < -0.3 is 33.8 Å². The van der Waals surface area contributed by atoms with Crippen LogP contribution in [0.2, 0.25) is 0 Å². The summed E-state index contributed by atoms with van der Waals surface area (Å²) in [6, 6.07) is 0. The fraction of sp³-hybridized carbons (Fsp3) is 0.947. The molecular weight excluding hydrogens is 1250 g/mol. The largest absolute Gasteiger partial charge is 0.472 e. The van der Waals surface area contributed by atoms with Crippen LogP contribution in [0.5, 0.6) is 0 Å². The van der Waals surface area contributed by atoms with Gasteiger partial charge >= 0.3 is 39.5 Å². The maximum absolute atomic E-state index is 13.1. The fourth-order valence-corrected chi connectivity index (χ4v) is 13.3. The Kier molecular flexibility index (Phi) is 69.1. The molecule has 0 amide bonds. The Bertz CT molecular complexity index is 1810. The maximum Gasteiger partial charge on any atom is 0.472 e. The van der Waals surface area contributed by atoms with Crippen LogP contribution in [0.4, 0.5) is 0 Å². The van der Waals surface area contributed by atoms with Gasteiger partial charge in [0.2, 0.25) is 0 Å². The van der Waals surface area contributed by atoms with E-state index in [0.717, 1.165) is 96.3 Å². The van der Waals surface area contributed by atoms with Crippen LogP contribution in [0.3, 0.4) is 0 Å². The summed E-state index contributed by atoms with van der Waals surface area (Å²) in [4.78, 5) is 72.4. The summed E-state index contributed by atoms with van der Waals surface area (Å²) in [5.41, 5.74) is 0. The van der Waals surface area contributed by atoms with Crippen molar-refractivity contribution in [1.82, 2.24) is 0 Å². The highest BCUT2D eigenvalue weighted by atomic mass is 31.2. The maximum atomic E-state index is 13.1. The van der Waals surface area contributed by atoms with Crippen molar-refractivity contribution in [2.24, 2.45) is 0 Å². The monoisotopic (exact) mass is 1400 g/mol. The summed E-state index contributed by atoms with van der Waals surface area (Å²) in [6.07, 6.45) is 61.7. The molecule has 0 fully saturated rings. The summed E-state index contributed by atoms with van der Waals surface area (Å²) in [5.74, 6) is -2.13. The molecule has 19 heteroatoms. The smallest absolute Gasteiger partial charge is 0.462 e. The third-order valence-corrected chi connectivity index (χ3v) is 19.8. The zero-order chi connectivity index (χ0) is 69.7. The second-order valence-corrected chi connectivity index (χ2v) is 30.3. The van der Waals surface area contributed by atoms with E-state index in [9.17, 15) is 43.2 Å². The number of carbonyl (C=O) groups is 4. The molecule has 0 rings (SSSR count). The number of hydrogen-bond donors (Lipinski definition) is 3. The molecule has 0 aromatic carbocycles. The first kappa shape index (κ1) is 93.1. The minimum atomic E-state index is -4.95. The third kappa shape index (κ3) is 70.3. The number of rotatable bonds is 77. The number of carbonyl (C=O) groups excluding carboxylic acids is 4. The Morgan fingerprint density at radius 2 is 0.421 bits per heavy atom. The van der Waals surface area contributed by atoms with Gasteiger partial charge in [-0.15, -0.1) is 0 Å². The second-order valence-electron chi connectivity index (χ2n) is 27.4. The highest BCUT2D eigenvalue weighted by Gasteiger charge is 2.30. The van der Waals surface area contributed by atoms with Crippen molar-refractivity contribution >= 4 is 39.5 Å². The predicted molar refractivity (Wildman–Crippen MR) is 386 cm³/mol. The molecule has 0 saturated carbocycles. The van der Waals surface area contributed by atoms with Crippen LogP contribution in [0.15, 0.2) is 0 Å². The second kappa shape index (κ2) is 70.5. The molecule has 0 aliphatic rings. The number of phosphoric acid groups is 2. The molecule has 0 heterocycles. The van der Waals surface area contributed by atoms with Gasteiger partial charge in [-0.1, -0.05) is 355 Å². The summed E-state index contributed by atoms with van der Waals surface area (Å²) in [7, 11) is -9.89. The number of unbranched alkanes of at least 4 members (excludes halogenated alkanes) is 51. The van der Waals surface area contributed by atoms with Crippen molar-refractivity contribution in [2.75, 3.05) is 39.6 Å². The van der Waals surface area contributed by atoms with Gasteiger partial charge in [0.25, 0.3) is 0 Å². The molecule has 0 bridgehead atoms. The van der Waals surface area contributed by atoms with Gasteiger partial charge in [-0.05, 0) is 25.7 Å². The molecular formula is C76H148O17P2. The van der Waals surface area contributed by atoms with E-state index in [1.54, 1.807) is 0 Å². The Morgan fingerprint density at radius 1 is 0.253 bits per heavy atom. The van der Waals surface area contributed by atoms with E-state index >= 15 is 0 Å². The Balaban J connectivity index is 5.09. The molecule has 3 N–H and O–H groups in total. The number of hydrogen-bond acceptors (Lipinski definition) is 15. The van der Waals surface area contributed by atoms with E-state index < -0.39 is 97.5 Å². The van der Waals surface area contributed by atoms with Crippen LogP contribution in [0.1, 0.15) is 407 Å². The number of aliphatic hydroxyl groups is 1. The van der Waals surface area contributed by atoms with Crippen LogP contribution < -0.4 is 0 Å². The predicted octanol–water partition coefficient (Wildman–Crippen LogP) is 22.6. The van der Waals surface area contributed by atoms with Crippen molar-refractivity contribution in [2.45, 2.75) is 425 Å². The SMILES string of the molecule is CCCCCCCCCCCCCCCCCCCCCCCCC(=O)O[C@H](COC(=O)CCCCCCCCCCCCCCCCCCCC)COP(=O)(O)OC[C@@H](O)COP(=O)(O)OC[C@@H](COC(=O)CCCCCCC)OC(=O)CCCCCCCCCCCC. The minimum absolute atomic E-state index is 0.106. The van der Waals surface area contributed by atoms with Crippen LogP contribution >= 0.6 is 15.6 Å². The average molecular weight is 1400 g/mol. The number of ether oxygens (including phenoxy) is 4. The lowest BCUT2D eigenvalue weighted by Crippen LogP contribution is -2.30. The quantitative estimate of drug-likeness (QED) is 0.0222. The van der Waals surface area contributed by atoms with Gasteiger partial charge in [-0.25, -0.2) is 9.13 Å². The first-order chi connectivity index (χ1) is 46.2. The molecule has 0 aliphatic carbocycles. The molecule has 0 aliphatic heterocycles. The van der Waals surface area contributed by atoms with Crippen LogP contribution in [-0.2, 0) is 65.4 Å². The summed E-state index contributed by atoms with van der Waals surface area (Å²) in [5, 5.41) is 10.6.